The van der Waals surface area contributed by atoms with Crippen molar-refractivity contribution in [1.29, 1.82) is 0 Å². The maximum absolute atomic E-state index is 10.9. The molecule has 184 valence electrons. The van der Waals surface area contributed by atoms with E-state index in [0.29, 0.717) is 11.4 Å². The van der Waals surface area contributed by atoms with E-state index in [-0.39, 0.29) is 6.42 Å². The van der Waals surface area contributed by atoms with E-state index in [1.165, 1.54) is 0 Å². The Morgan fingerprint density at radius 1 is 1.00 bits per heavy atom. The summed E-state index contributed by atoms with van der Waals surface area (Å²) in [5.74, 6) is -0.610. The molecular formula is C27H32N4O4. The van der Waals surface area contributed by atoms with Crippen LogP contribution < -0.4 is 0 Å². The van der Waals surface area contributed by atoms with Crippen molar-refractivity contribution in [3.8, 4) is 0 Å². The first kappa shape index (κ1) is 26.0. The molecule has 0 bridgehead atoms. The van der Waals surface area contributed by atoms with Gasteiger partial charge in [-0.1, -0.05) is 59.7 Å². The number of hydrogen-bond donors (Lipinski definition) is 3. The first-order valence-corrected chi connectivity index (χ1v) is 11.4. The number of carbonyl (C=O) groups is 1. The van der Waals surface area contributed by atoms with Gasteiger partial charge in [-0.05, 0) is 60.4 Å². The molecule has 2 atom stereocenters. The lowest BCUT2D eigenvalue weighted by molar-refractivity contribution is -0.139. The van der Waals surface area contributed by atoms with Gasteiger partial charge >= 0.3 is 5.97 Å². The number of tetrazole rings is 1. The third-order valence-electron chi connectivity index (χ3n) is 5.84. The summed E-state index contributed by atoms with van der Waals surface area (Å²) in [6.07, 6.45) is 0.543. The van der Waals surface area contributed by atoms with Crippen LogP contribution >= 0.6 is 0 Å². The van der Waals surface area contributed by atoms with Crippen LogP contribution in [0.15, 0.2) is 48.6 Å². The van der Waals surface area contributed by atoms with Crippen LogP contribution in [0.4, 0.5) is 0 Å². The third-order valence-corrected chi connectivity index (χ3v) is 5.84. The molecule has 3 N–H and O–H groups in total. The van der Waals surface area contributed by atoms with Gasteiger partial charge in [0, 0.05) is 24.6 Å². The lowest BCUT2D eigenvalue weighted by atomic mass is 9.86. The minimum Gasteiger partial charge on any atom is -0.481 e. The van der Waals surface area contributed by atoms with Crippen LogP contribution in [-0.4, -0.2) is 53.7 Å². The van der Waals surface area contributed by atoms with Gasteiger partial charge < -0.3 is 15.3 Å². The van der Waals surface area contributed by atoms with Crippen LogP contribution in [-0.2, 0) is 11.8 Å². The van der Waals surface area contributed by atoms with Crippen molar-refractivity contribution in [2.24, 2.45) is 7.05 Å². The summed E-state index contributed by atoms with van der Waals surface area (Å²) in [6.45, 7) is 8.20. The van der Waals surface area contributed by atoms with Crippen molar-refractivity contribution in [3.05, 3.63) is 87.8 Å². The van der Waals surface area contributed by atoms with Crippen molar-refractivity contribution >= 4 is 17.1 Å². The molecule has 8 heteroatoms. The Labute approximate surface area is 205 Å². The van der Waals surface area contributed by atoms with E-state index in [1.54, 1.807) is 23.9 Å². The second-order valence-corrected chi connectivity index (χ2v) is 8.97. The van der Waals surface area contributed by atoms with Gasteiger partial charge in [-0.2, -0.15) is 0 Å². The number of allylic oxidation sites excluding steroid dienone is 2. The Kier molecular flexibility index (Phi) is 8.32. The maximum Gasteiger partial charge on any atom is 0.305 e. The molecule has 8 nitrogen and oxygen atoms in total. The number of aryl methyl sites for hydroxylation is 5. The fraction of sp³-hybridized carbons (Fsp3) is 0.333. The molecule has 35 heavy (non-hydrogen) atoms. The number of rotatable bonds is 9. The van der Waals surface area contributed by atoms with Crippen molar-refractivity contribution in [1.82, 2.24) is 20.2 Å². The zero-order valence-corrected chi connectivity index (χ0v) is 20.7. The minimum absolute atomic E-state index is 0.102. The first-order chi connectivity index (χ1) is 16.6. The summed E-state index contributed by atoms with van der Waals surface area (Å²) < 4.78 is 1.57. The predicted octanol–water partition coefficient (Wildman–Crippen LogP) is 3.55. The van der Waals surface area contributed by atoms with Gasteiger partial charge in [0.15, 0.2) is 5.82 Å². The number of carboxylic acid groups (broad SMARTS) is 1. The SMILES string of the molecule is Cc1ccc(C(=C(/C=C/[C@@H](O)C[C@@H](O)CC(=O)O)c2nnnn2C)c2ccc(C)cc2C)c(C)c1. The van der Waals surface area contributed by atoms with E-state index in [0.717, 1.165) is 39.0 Å². The molecule has 0 aliphatic carbocycles. The topological polar surface area (TPSA) is 121 Å². The van der Waals surface area contributed by atoms with Gasteiger partial charge in [0.1, 0.15) is 0 Å². The summed E-state index contributed by atoms with van der Waals surface area (Å²) >= 11 is 0. The number of benzene rings is 2. The molecule has 0 amide bonds. The fourth-order valence-corrected chi connectivity index (χ4v) is 4.20. The number of aliphatic carboxylic acids is 1. The summed E-state index contributed by atoms with van der Waals surface area (Å²) in [4.78, 5) is 10.9. The van der Waals surface area contributed by atoms with Crippen LogP contribution in [0.2, 0.25) is 0 Å². The van der Waals surface area contributed by atoms with Crippen LogP contribution in [0, 0.1) is 27.7 Å². The number of aliphatic hydroxyl groups excluding tert-OH is 2. The van der Waals surface area contributed by atoms with E-state index in [2.05, 4.69) is 65.8 Å². The quantitative estimate of drug-likeness (QED) is 0.404. The van der Waals surface area contributed by atoms with Gasteiger partial charge in [0.05, 0.1) is 18.6 Å². The summed E-state index contributed by atoms with van der Waals surface area (Å²) in [5.41, 5.74) is 8.07. The Hall–Kier alpha value is -3.62. The summed E-state index contributed by atoms with van der Waals surface area (Å²) in [5, 5.41) is 41.5. The number of nitrogens with zero attached hydrogens (tertiary/aromatic N) is 4. The smallest absolute Gasteiger partial charge is 0.305 e. The van der Waals surface area contributed by atoms with E-state index in [1.807, 2.05) is 13.8 Å². The Bertz CT molecular complexity index is 1220. The van der Waals surface area contributed by atoms with E-state index in [9.17, 15) is 15.0 Å². The van der Waals surface area contributed by atoms with Crippen LogP contribution in [0.3, 0.4) is 0 Å². The molecule has 0 fully saturated rings. The van der Waals surface area contributed by atoms with Gasteiger partial charge in [0.25, 0.3) is 0 Å². The van der Waals surface area contributed by atoms with Crippen LogP contribution in [0.1, 0.15) is 52.0 Å². The molecule has 0 saturated heterocycles. The van der Waals surface area contributed by atoms with Crippen molar-refractivity contribution in [2.75, 3.05) is 0 Å². The lowest BCUT2D eigenvalue weighted by Gasteiger charge is -2.19. The molecule has 3 rings (SSSR count). The zero-order valence-electron chi connectivity index (χ0n) is 20.7. The molecule has 0 saturated carbocycles. The average Bonchev–Trinajstić information content (AvgIpc) is 3.17. The molecule has 0 radical (unpaired) electrons. The lowest BCUT2D eigenvalue weighted by Crippen LogP contribution is -2.19. The van der Waals surface area contributed by atoms with Gasteiger partial charge in [0.2, 0.25) is 0 Å². The largest absolute Gasteiger partial charge is 0.481 e. The Morgan fingerprint density at radius 3 is 2.03 bits per heavy atom. The molecule has 0 unspecified atom stereocenters. The van der Waals surface area contributed by atoms with Crippen LogP contribution in [0.25, 0.3) is 11.1 Å². The maximum atomic E-state index is 10.9. The Morgan fingerprint density at radius 2 is 1.57 bits per heavy atom. The van der Waals surface area contributed by atoms with E-state index in [4.69, 9.17) is 5.11 Å². The normalized spacial score (nSPS) is 13.1. The molecule has 0 spiro atoms. The van der Waals surface area contributed by atoms with E-state index < -0.39 is 24.6 Å². The van der Waals surface area contributed by atoms with Crippen molar-refractivity contribution < 1.29 is 20.1 Å². The summed E-state index contributed by atoms with van der Waals surface area (Å²) in [7, 11) is 1.75. The van der Waals surface area contributed by atoms with Gasteiger partial charge in [-0.25, -0.2) is 4.68 Å². The highest BCUT2D eigenvalue weighted by Gasteiger charge is 2.20. The third kappa shape index (κ3) is 6.49. The number of hydrogen-bond acceptors (Lipinski definition) is 6. The zero-order chi connectivity index (χ0) is 25.7. The molecule has 3 aromatic rings. The summed E-state index contributed by atoms with van der Waals surface area (Å²) in [6, 6.07) is 12.5. The van der Waals surface area contributed by atoms with Crippen molar-refractivity contribution in [3.63, 3.8) is 0 Å². The highest BCUT2D eigenvalue weighted by Crippen LogP contribution is 2.36. The molecule has 1 heterocycles. The van der Waals surface area contributed by atoms with E-state index >= 15 is 0 Å². The van der Waals surface area contributed by atoms with Crippen molar-refractivity contribution in [2.45, 2.75) is 52.7 Å². The number of carboxylic acids is 1. The molecule has 2 aromatic carbocycles. The average molecular weight is 477 g/mol. The predicted molar refractivity (Wildman–Crippen MR) is 135 cm³/mol. The highest BCUT2D eigenvalue weighted by molar-refractivity contribution is 6.02. The second kappa shape index (κ2) is 11.2. The second-order valence-electron chi connectivity index (χ2n) is 8.97. The number of aliphatic hydroxyl groups is 2. The molecular weight excluding hydrogens is 444 g/mol. The van der Waals surface area contributed by atoms with Gasteiger partial charge in [-0.15, -0.1) is 5.10 Å². The molecule has 1 aromatic heterocycles. The standard InChI is InChI=1S/C27H32N4O4/c1-16-6-9-22(18(3)12-16)26(23-10-7-17(2)13-19(23)4)24(27-28-29-30-31(27)5)11-8-20(32)14-21(33)15-25(34)35/h6-13,20-21,32-33H,14-15H2,1-5H3,(H,34,35)/b11-8+/t20-,21-/m1/s1. The molecule has 0 aliphatic rings. The Balaban J connectivity index is 2.24. The van der Waals surface area contributed by atoms with Gasteiger partial charge in [-0.3, -0.25) is 4.79 Å². The number of aromatic nitrogens is 4. The fourth-order valence-electron chi connectivity index (χ4n) is 4.20. The highest BCUT2D eigenvalue weighted by atomic mass is 16.4. The minimum atomic E-state index is -1.16. The molecule has 0 aliphatic heterocycles. The monoisotopic (exact) mass is 476 g/mol. The van der Waals surface area contributed by atoms with Crippen LogP contribution in [0.5, 0.6) is 0 Å². The first-order valence-electron chi connectivity index (χ1n) is 11.4.